The van der Waals surface area contributed by atoms with Gasteiger partial charge in [0.15, 0.2) is 0 Å². The van der Waals surface area contributed by atoms with Gasteiger partial charge in [0.25, 0.3) is 0 Å². The van der Waals surface area contributed by atoms with E-state index in [1.54, 1.807) is 6.21 Å². The Morgan fingerprint density at radius 1 is 1.05 bits per heavy atom. The summed E-state index contributed by atoms with van der Waals surface area (Å²) < 4.78 is 0. The summed E-state index contributed by atoms with van der Waals surface area (Å²) in [6, 6.07) is 19.9. The summed E-state index contributed by atoms with van der Waals surface area (Å²) in [5, 5.41) is 4.01. The minimum Gasteiger partial charge on any atom is -0.273 e. The highest BCUT2D eigenvalue weighted by Gasteiger charge is 2.43. The molecule has 2 atom stereocenters. The van der Waals surface area contributed by atoms with Crippen LogP contribution < -0.4 is 5.43 Å². The van der Waals surface area contributed by atoms with E-state index in [9.17, 15) is 4.79 Å². The molecule has 2 aromatic carbocycles. The van der Waals surface area contributed by atoms with Crippen molar-refractivity contribution in [2.45, 2.75) is 12.3 Å². The lowest BCUT2D eigenvalue weighted by molar-refractivity contribution is -0.122. The molecule has 100 valence electrons. The first-order valence-corrected chi connectivity index (χ1v) is 6.77. The zero-order valence-electron chi connectivity index (χ0n) is 11.1. The Hall–Kier alpha value is -2.42. The molecule has 2 aromatic rings. The number of amides is 1. The van der Waals surface area contributed by atoms with Gasteiger partial charge in [-0.05, 0) is 23.5 Å². The fraction of sp³-hybridized carbons (Fsp3) is 0.176. The number of hydrogen-bond donors (Lipinski definition) is 1. The second kappa shape index (κ2) is 5.70. The van der Waals surface area contributed by atoms with Gasteiger partial charge < -0.3 is 0 Å². The van der Waals surface area contributed by atoms with Crippen molar-refractivity contribution in [3.63, 3.8) is 0 Å². The minimum absolute atomic E-state index is 0.00559. The monoisotopic (exact) mass is 264 g/mol. The van der Waals surface area contributed by atoms with Gasteiger partial charge in [0.05, 0.1) is 6.21 Å². The highest BCUT2D eigenvalue weighted by Crippen LogP contribution is 2.47. The van der Waals surface area contributed by atoms with E-state index in [4.69, 9.17) is 0 Å². The van der Waals surface area contributed by atoms with Crippen molar-refractivity contribution >= 4 is 12.1 Å². The van der Waals surface area contributed by atoms with Crippen LogP contribution in [0.2, 0.25) is 0 Å². The van der Waals surface area contributed by atoms with Crippen molar-refractivity contribution in [1.82, 2.24) is 5.43 Å². The molecule has 0 spiro atoms. The molecule has 1 saturated carbocycles. The predicted molar refractivity (Wildman–Crippen MR) is 79.5 cm³/mol. The fourth-order valence-electron chi connectivity index (χ4n) is 2.35. The molecular formula is C17H16N2O. The summed E-state index contributed by atoms with van der Waals surface area (Å²) in [6.07, 6.45) is 2.58. The topological polar surface area (TPSA) is 41.5 Å². The summed E-state index contributed by atoms with van der Waals surface area (Å²) in [5.74, 6) is 0.416. The summed E-state index contributed by atoms with van der Waals surface area (Å²) in [4.78, 5) is 12.0. The number of benzene rings is 2. The van der Waals surface area contributed by atoms with Crippen LogP contribution in [0.25, 0.3) is 0 Å². The Balaban J connectivity index is 1.53. The standard InChI is InChI=1S/C17H16N2O/c20-17(19-18-12-13-7-3-1-4-8-13)16-11-15(16)14-9-5-2-6-10-14/h1-10,12,15-16H,11H2,(H,19,20). The van der Waals surface area contributed by atoms with Gasteiger partial charge in [-0.2, -0.15) is 5.10 Å². The summed E-state index contributed by atoms with van der Waals surface area (Å²) in [7, 11) is 0. The van der Waals surface area contributed by atoms with Gasteiger partial charge in [-0.25, -0.2) is 5.43 Å². The van der Waals surface area contributed by atoms with Crippen LogP contribution in [0.4, 0.5) is 0 Å². The van der Waals surface area contributed by atoms with Crippen LogP contribution in [-0.2, 0) is 4.79 Å². The van der Waals surface area contributed by atoms with Crippen LogP contribution in [0.15, 0.2) is 65.8 Å². The number of carbonyl (C=O) groups excluding carboxylic acids is 1. The highest BCUT2D eigenvalue weighted by molar-refractivity contribution is 5.85. The molecule has 1 aliphatic carbocycles. The zero-order valence-corrected chi connectivity index (χ0v) is 11.1. The normalized spacial score (nSPS) is 20.8. The molecule has 0 saturated heterocycles. The third-order valence-electron chi connectivity index (χ3n) is 3.54. The number of hydrogen-bond acceptors (Lipinski definition) is 2. The van der Waals surface area contributed by atoms with Crippen molar-refractivity contribution in [3.8, 4) is 0 Å². The van der Waals surface area contributed by atoms with E-state index in [1.807, 2.05) is 48.5 Å². The first-order valence-electron chi connectivity index (χ1n) is 6.77. The van der Waals surface area contributed by atoms with Gasteiger partial charge in [0.1, 0.15) is 0 Å². The van der Waals surface area contributed by atoms with Crippen molar-refractivity contribution in [2.24, 2.45) is 11.0 Å². The molecule has 0 aliphatic heterocycles. The van der Waals surface area contributed by atoms with Crippen molar-refractivity contribution in [3.05, 3.63) is 71.8 Å². The molecule has 1 N–H and O–H groups in total. The van der Waals surface area contributed by atoms with Crippen LogP contribution in [0, 0.1) is 5.92 Å². The van der Waals surface area contributed by atoms with Crippen molar-refractivity contribution in [1.29, 1.82) is 0 Å². The number of carbonyl (C=O) groups is 1. The van der Waals surface area contributed by atoms with Gasteiger partial charge in [0, 0.05) is 5.92 Å². The minimum atomic E-state index is 0.00559. The second-order valence-electron chi connectivity index (χ2n) is 5.00. The van der Waals surface area contributed by atoms with Crippen LogP contribution in [0.5, 0.6) is 0 Å². The fourth-order valence-corrected chi connectivity index (χ4v) is 2.35. The smallest absolute Gasteiger partial charge is 0.243 e. The van der Waals surface area contributed by atoms with E-state index in [1.165, 1.54) is 5.56 Å². The van der Waals surface area contributed by atoms with Crippen LogP contribution >= 0.6 is 0 Å². The third-order valence-corrected chi connectivity index (χ3v) is 3.54. The first-order chi connectivity index (χ1) is 9.84. The molecule has 1 fully saturated rings. The summed E-state index contributed by atoms with van der Waals surface area (Å²) in [6.45, 7) is 0. The first kappa shape index (κ1) is 12.6. The molecule has 20 heavy (non-hydrogen) atoms. The quantitative estimate of drug-likeness (QED) is 0.669. The Labute approximate surface area is 118 Å². The molecule has 3 nitrogen and oxygen atoms in total. The largest absolute Gasteiger partial charge is 0.273 e. The van der Waals surface area contributed by atoms with E-state index in [0.717, 1.165) is 12.0 Å². The second-order valence-corrected chi connectivity index (χ2v) is 5.00. The molecule has 1 amide bonds. The molecule has 0 bridgehead atoms. The number of rotatable bonds is 4. The third kappa shape index (κ3) is 2.94. The summed E-state index contributed by atoms with van der Waals surface area (Å²) in [5.41, 5.74) is 4.83. The van der Waals surface area contributed by atoms with E-state index in [2.05, 4.69) is 22.7 Å². The van der Waals surface area contributed by atoms with Gasteiger partial charge >= 0.3 is 0 Å². The molecule has 1 aliphatic rings. The number of hydrazone groups is 1. The van der Waals surface area contributed by atoms with E-state index >= 15 is 0 Å². The van der Waals surface area contributed by atoms with Gasteiger partial charge in [-0.15, -0.1) is 0 Å². The maximum atomic E-state index is 12.0. The maximum absolute atomic E-state index is 12.0. The maximum Gasteiger partial charge on any atom is 0.243 e. The molecular weight excluding hydrogens is 248 g/mol. The molecule has 3 rings (SSSR count). The van der Waals surface area contributed by atoms with Crippen LogP contribution in [-0.4, -0.2) is 12.1 Å². The highest BCUT2D eigenvalue weighted by atomic mass is 16.2. The number of nitrogens with zero attached hydrogens (tertiary/aromatic N) is 1. The number of nitrogens with one attached hydrogen (secondary N) is 1. The van der Waals surface area contributed by atoms with Gasteiger partial charge in [-0.3, -0.25) is 4.79 Å². The van der Waals surface area contributed by atoms with Crippen molar-refractivity contribution in [2.75, 3.05) is 0 Å². The van der Waals surface area contributed by atoms with Crippen molar-refractivity contribution < 1.29 is 4.79 Å². The molecule has 0 aromatic heterocycles. The van der Waals surface area contributed by atoms with E-state index in [-0.39, 0.29) is 11.8 Å². The zero-order chi connectivity index (χ0) is 13.8. The SMILES string of the molecule is O=C(NN=Cc1ccccc1)C1CC1c1ccccc1. The molecule has 0 heterocycles. The average Bonchev–Trinajstić information content (AvgIpc) is 3.30. The lowest BCUT2D eigenvalue weighted by Gasteiger charge is -2.00. The predicted octanol–water partition coefficient (Wildman–Crippen LogP) is 2.94. The Morgan fingerprint density at radius 3 is 2.40 bits per heavy atom. The van der Waals surface area contributed by atoms with Gasteiger partial charge in [-0.1, -0.05) is 60.7 Å². The Bertz CT molecular complexity index is 607. The molecule has 3 heteroatoms. The average molecular weight is 264 g/mol. The van der Waals surface area contributed by atoms with Crippen LogP contribution in [0.3, 0.4) is 0 Å². The lowest BCUT2D eigenvalue weighted by Crippen LogP contribution is -2.20. The lowest BCUT2D eigenvalue weighted by atomic mass is 10.1. The molecule has 0 radical (unpaired) electrons. The molecule has 2 unspecified atom stereocenters. The Kier molecular flexibility index (Phi) is 3.59. The summed E-state index contributed by atoms with van der Waals surface area (Å²) >= 11 is 0. The van der Waals surface area contributed by atoms with E-state index < -0.39 is 0 Å². The Morgan fingerprint density at radius 2 is 1.70 bits per heavy atom. The van der Waals surface area contributed by atoms with E-state index in [0.29, 0.717) is 5.92 Å². The van der Waals surface area contributed by atoms with Crippen LogP contribution in [0.1, 0.15) is 23.5 Å². The van der Waals surface area contributed by atoms with Gasteiger partial charge in [0.2, 0.25) is 5.91 Å².